The zero-order chi connectivity index (χ0) is 14.0. The number of anilines is 1. The lowest BCUT2D eigenvalue weighted by molar-refractivity contribution is -0.122. The van der Waals surface area contributed by atoms with Gasteiger partial charge in [-0.25, -0.2) is 13.6 Å². The van der Waals surface area contributed by atoms with Gasteiger partial charge in [-0.1, -0.05) is 12.1 Å². The summed E-state index contributed by atoms with van der Waals surface area (Å²) in [6.07, 6.45) is 0.678. The van der Waals surface area contributed by atoms with E-state index in [0.717, 1.165) is 0 Å². The molecule has 4 N–H and O–H groups in total. The van der Waals surface area contributed by atoms with E-state index in [-0.39, 0.29) is 22.9 Å². The predicted octanol–water partition coefficient (Wildman–Crippen LogP) is -0.449. The van der Waals surface area contributed by atoms with Crippen molar-refractivity contribution in [3.8, 4) is 0 Å². The second-order valence-corrected chi connectivity index (χ2v) is 5.72. The monoisotopic (exact) mass is 283 g/mol. The second-order valence-electron chi connectivity index (χ2n) is 4.19. The zero-order valence-corrected chi connectivity index (χ0v) is 10.7. The molecule has 0 bridgehead atoms. The highest BCUT2D eigenvalue weighted by Crippen LogP contribution is 2.20. The Bertz CT molecular complexity index is 627. The average molecular weight is 283 g/mol. The van der Waals surface area contributed by atoms with Gasteiger partial charge in [0.05, 0.1) is 5.69 Å². The highest BCUT2D eigenvalue weighted by atomic mass is 32.2. The summed E-state index contributed by atoms with van der Waals surface area (Å²) in [5, 5.41) is 10.0. The molecule has 1 heterocycles. The number of primary sulfonamides is 1. The van der Waals surface area contributed by atoms with Crippen LogP contribution in [0.2, 0.25) is 0 Å². The molecule has 0 radical (unpaired) electrons. The third kappa shape index (κ3) is 3.09. The number of rotatable bonds is 3. The van der Waals surface area contributed by atoms with Gasteiger partial charge < -0.3 is 10.6 Å². The Morgan fingerprint density at radius 2 is 2.05 bits per heavy atom. The first-order valence-corrected chi connectivity index (χ1v) is 7.14. The Morgan fingerprint density at radius 1 is 1.37 bits per heavy atom. The van der Waals surface area contributed by atoms with Crippen molar-refractivity contribution in [3.63, 3.8) is 0 Å². The fourth-order valence-corrected chi connectivity index (χ4v) is 2.54. The molecule has 0 saturated carbocycles. The summed E-state index contributed by atoms with van der Waals surface area (Å²) in [6.45, 7) is 0. The molecule has 2 amide bonds. The lowest BCUT2D eigenvalue weighted by Gasteiger charge is -2.13. The van der Waals surface area contributed by atoms with Gasteiger partial charge in [0.15, 0.2) is 0 Å². The van der Waals surface area contributed by atoms with Gasteiger partial charge in [-0.05, 0) is 18.6 Å². The number of hydrogen-bond donors (Lipinski definition) is 3. The number of carbonyl (C=O) groups excluding carboxylic acids is 2. The lowest BCUT2D eigenvalue weighted by atomic mass is 10.2. The van der Waals surface area contributed by atoms with E-state index in [9.17, 15) is 18.0 Å². The molecule has 1 atom stereocenters. The first-order chi connectivity index (χ1) is 8.88. The molecule has 0 aromatic heterocycles. The van der Waals surface area contributed by atoms with Crippen molar-refractivity contribution in [2.75, 3.05) is 5.32 Å². The number of nitrogens with one attached hydrogen (secondary N) is 2. The number of benzene rings is 1. The minimum absolute atomic E-state index is 0.108. The summed E-state index contributed by atoms with van der Waals surface area (Å²) in [6, 6.07) is 5.19. The summed E-state index contributed by atoms with van der Waals surface area (Å²) in [4.78, 5) is 22.7. The summed E-state index contributed by atoms with van der Waals surface area (Å²) in [5.41, 5.74) is 0.108. The highest BCUT2D eigenvalue weighted by molar-refractivity contribution is 7.89. The first kappa shape index (κ1) is 13.5. The molecule has 1 saturated heterocycles. The molecule has 1 aromatic carbocycles. The van der Waals surface area contributed by atoms with E-state index < -0.39 is 22.0 Å². The molecule has 1 aromatic rings. The van der Waals surface area contributed by atoms with Crippen molar-refractivity contribution in [1.29, 1.82) is 0 Å². The quantitative estimate of drug-likeness (QED) is 0.696. The first-order valence-electron chi connectivity index (χ1n) is 5.60. The topological polar surface area (TPSA) is 118 Å². The molecule has 1 aliphatic heterocycles. The van der Waals surface area contributed by atoms with Crippen molar-refractivity contribution in [1.82, 2.24) is 5.32 Å². The number of carbonyl (C=O) groups is 2. The Labute approximate surface area is 110 Å². The zero-order valence-electron chi connectivity index (χ0n) is 9.92. The average Bonchev–Trinajstić information content (AvgIpc) is 2.75. The third-order valence-corrected chi connectivity index (χ3v) is 3.73. The molecule has 0 aliphatic carbocycles. The fourth-order valence-electron chi connectivity index (χ4n) is 1.85. The van der Waals surface area contributed by atoms with Crippen molar-refractivity contribution in [2.24, 2.45) is 5.14 Å². The van der Waals surface area contributed by atoms with Gasteiger partial charge in [-0.2, -0.15) is 0 Å². The van der Waals surface area contributed by atoms with Crippen molar-refractivity contribution >= 4 is 27.5 Å². The van der Waals surface area contributed by atoms with Crippen LogP contribution >= 0.6 is 0 Å². The van der Waals surface area contributed by atoms with E-state index in [0.29, 0.717) is 6.42 Å². The normalized spacial score (nSPS) is 19.0. The SMILES string of the molecule is NS(=O)(=O)c1ccccc1NC(=O)[C@H]1CCC(=O)N1. The second kappa shape index (κ2) is 4.98. The summed E-state index contributed by atoms with van der Waals surface area (Å²) < 4.78 is 22.7. The van der Waals surface area contributed by atoms with Gasteiger partial charge in [-0.15, -0.1) is 0 Å². The summed E-state index contributed by atoms with van der Waals surface area (Å²) in [5.74, 6) is -0.651. The molecule has 19 heavy (non-hydrogen) atoms. The molecule has 0 unspecified atom stereocenters. The van der Waals surface area contributed by atoms with Crippen LogP contribution in [-0.2, 0) is 19.6 Å². The van der Waals surface area contributed by atoms with Crippen LogP contribution in [0.4, 0.5) is 5.69 Å². The number of sulfonamides is 1. The predicted molar refractivity (Wildman–Crippen MR) is 67.6 cm³/mol. The minimum Gasteiger partial charge on any atom is -0.344 e. The smallest absolute Gasteiger partial charge is 0.246 e. The minimum atomic E-state index is -3.92. The van der Waals surface area contributed by atoms with Crippen LogP contribution in [0.1, 0.15) is 12.8 Å². The Balaban J connectivity index is 2.20. The van der Waals surface area contributed by atoms with Crippen LogP contribution in [0.5, 0.6) is 0 Å². The van der Waals surface area contributed by atoms with E-state index in [4.69, 9.17) is 5.14 Å². The van der Waals surface area contributed by atoms with Crippen LogP contribution < -0.4 is 15.8 Å². The summed E-state index contributed by atoms with van der Waals surface area (Å²) in [7, 11) is -3.92. The number of hydrogen-bond acceptors (Lipinski definition) is 4. The van der Waals surface area contributed by atoms with Crippen molar-refractivity contribution in [2.45, 2.75) is 23.8 Å². The molecule has 1 fully saturated rings. The van der Waals surface area contributed by atoms with Gasteiger partial charge in [-0.3, -0.25) is 9.59 Å². The maximum absolute atomic E-state index is 11.9. The molecule has 102 valence electrons. The molecule has 0 spiro atoms. The largest absolute Gasteiger partial charge is 0.344 e. The number of amides is 2. The standard InChI is InChI=1S/C11H13N3O4S/c12-19(17,18)9-4-2-1-3-7(9)14-11(16)8-5-6-10(15)13-8/h1-4,8H,5-6H2,(H,13,15)(H,14,16)(H2,12,17,18)/t8-/m1/s1. The lowest BCUT2D eigenvalue weighted by Crippen LogP contribution is -2.37. The van der Waals surface area contributed by atoms with Crippen LogP contribution in [-0.4, -0.2) is 26.3 Å². The van der Waals surface area contributed by atoms with Crippen LogP contribution in [0.25, 0.3) is 0 Å². The van der Waals surface area contributed by atoms with Crippen LogP contribution in [0.3, 0.4) is 0 Å². The van der Waals surface area contributed by atoms with Gasteiger partial charge in [0.25, 0.3) is 0 Å². The van der Waals surface area contributed by atoms with Crippen molar-refractivity contribution in [3.05, 3.63) is 24.3 Å². The maximum Gasteiger partial charge on any atom is 0.246 e. The molecule has 7 nitrogen and oxygen atoms in total. The van der Waals surface area contributed by atoms with E-state index in [1.807, 2.05) is 0 Å². The maximum atomic E-state index is 11.9. The molecular weight excluding hydrogens is 270 g/mol. The van der Waals surface area contributed by atoms with Crippen LogP contribution in [0.15, 0.2) is 29.2 Å². The molecule has 2 rings (SSSR count). The van der Waals surface area contributed by atoms with E-state index in [1.54, 1.807) is 6.07 Å². The van der Waals surface area contributed by atoms with E-state index in [1.165, 1.54) is 18.2 Å². The fraction of sp³-hybridized carbons (Fsp3) is 0.273. The highest BCUT2D eigenvalue weighted by Gasteiger charge is 2.28. The summed E-state index contributed by atoms with van der Waals surface area (Å²) >= 11 is 0. The molecule has 8 heteroatoms. The number of nitrogens with two attached hydrogens (primary N) is 1. The Kier molecular flexibility index (Phi) is 3.54. The number of para-hydroxylation sites is 1. The van der Waals surface area contributed by atoms with Gasteiger partial charge in [0.2, 0.25) is 21.8 Å². The van der Waals surface area contributed by atoms with Gasteiger partial charge in [0, 0.05) is 6.42 Å². The van der Waals surface area contributed by atoms with Crippen LogP contribution in [0, 0.1) is 0 Å². The van der Waals surface area contributed by atoms with Gasteiger partial charge in [0.1, 0.15) is 10.9 Å². The van der Waals surface area contributed by atoms with E-state index >= 15 is 0 Å². The molecule has 1 aliphatic rings. The van der Waals surface area contributed by atoms with Crippen molar-refractivity contribution < 1.29 is 18.0 Å². The Morgan fingerprint density at radius 3 is 2.63 bits per heavy atom. The van der Waals surface area contributed by atoms with Gasteiger partial charge >= 0.3 is 0 Å². The molecular formula is C11H13N3O4S. The Hall–Kier alpha value is -1.93. The van der Waals surface area contributed by atoms with E-state index in [2.05, 4.69) is 10.6 Å². The third-order valence-electron chi connectivity index (χ3n) is 2.76.